The number of imidazole rings is 1. The Morgan fingerprint density at radius 3 is 2.60 bits per heavy atom. The number of benzene rings is 1. The first-order valence-electron chi connectivity index (χ1n) is 6.38. The van der Waals surface area contributed by atoms with Gasteiger partial charge in [-0.15, -0.1) is 6.58 Å². The quantitative estimate of drug-likeness (QED) is 0.821. The van der Waals surface area contributed by atoms with Crippen LogP contribution < -0.4 is 10.6 Å². The Labute approximate surface area is 118 Å². The molecule has 20 heavy (non-hydrogen) atoms. The lowest BCUT2D eigenvalue weighted by Gasteiger charge is -2.09. The number of carbonyl (C=O) groups is 1. The largest absolute Gasteiger partial charge is 0.326 e. The molecule has 0 unspecified atom stereocenters. The van der Waals surface area contributed by atoms with Gasteiger partial charge >= 0.3 is 0 Å². The van der Waals surface area contributed by atoms with Crippen molar-refractivity contribution in [2.24, 2.45) is 0 Å². The van der Waals surface area contributed by atoms with Crippen LogP contribution in [0.1, 0.15) is 12.6 Å². The fraction of sp³-hybridized carbons (Fsp3) is 0.200. The molecule has 0 fully saturated rings. The van der Waals surface area contributed by atoms with E-state index in [-0.39, 0.29) is 5.91 Å². The number of nitrogens with one attached hydrogen (secondary N) is 2. The number of nitrogens with zero attached hydrogens (tertiary/aromatic N) is 2. The summed E-state index contributed by atoms with van der Waals surface area (Å²) in [4.78, 5) is 15.4. The number of aryl methyl sites for hydroxylation is 1. The SMILES string of the molecule is C=CCn1cc(C)nc1Nc1ccc(NC(C)=O)cc1. The molecule has 2 N–H and O–H groups in total. The van der Waals surface area contributed by atoms with Crippen LogP contribution in [0.15, 0.2) is 43.1 Å². The van der Waals surface area contributed by atoms with E-state index >= 15 is 0 Å². The van der Waals surface area contributed by atoms with Gasteiger partial charge in [0.25, 0.3) is 0 Å². The molecule has 1 heterocycles. The van der Waals surface area contributed by atoms with Crippen molar-refractivity contribution in [1.82, 2.24) is 9.55 Å². The Balaban J connectivity index is 2.13. The third-order valence-corrected chi connectivity index (χ3v) is 2.68. The van der Waals surface area contributed by atoms with Gasteiger partial charge in [0, 0.05) is 31.0 Å². The van der Waals surface area contributed by atoms with E-state index in [0.29, 0.717) is 6.54 Å². The van der Waals surface area contributed by atoms with E-state index < -0.39 is 0 Å². The summed E-state index contributed by atoms with van der Waals surface area (Å²) in [6.45, 7) is 7.87. The first kappa shape index (κ1) is 13.9. The summed E-state index contributed by atoms with van der Waals surface area (Å²) in [6, 6.07) is 7.48. The molecule has 0 saturated heterocycles. The molecular formula is C15H18N4O. The van der Waals surface area contributed by atoms with Gasteiger partial charge in [-0.3, -0.25) is 4.79 Å². The molecule has 0 radical (unpaired) electrons. The monoisotopic (exact) mass is 270 g/mol. The molecule has 2 rings (SSSR count). The summed E-state index contributed by atoms with van der Waals surface area (Å²) >= 11 is 0. The van der Waals surface area contributed by atoms with Crippen LogP contribution in [0.25, 0.3) is 0 Å². The van der Waals surface area contributed by atoms with E-state index in [9.17, 15) is 4.79 Å². The summed E-state index contributed by atoms with van der Waals surface area (Å²) < 4.78 is 1.99. The van der Waals surface area contributed by atoms with Crippen LogP contribution in [-0.4, -0.2) is 15.5 Å². The van der Waals surface area contributed by atoms with Gasteiger partial charge in [-0.05, 0) is 31.2 Å². The van der Waals surface area contributed by atoms with Gasteiger partial charge < -0.3 is 15.2 Å². The number of hydrogen-bond acceptors (Lipinski definition) is 3. The maximum absolute atomic E-state index is 11.0. The number of rotatable bonds is 5. The number of amides is 1. The summed E-state index contributed by atoms with van der Waals surface area (Å²) in [5, 5.41) is 5.98. The highest BCUT2D eigenvalue weighted by molar-refractivity contribution is 5.88. The van der Waals surface area contributed by atoms with Crippen LogP contribution in [0.5, 0.6) is 0 Å². The van der Waals surface area contributed by atoms with Crippen molar-refractivity contribution in [2.75, 3.05) is 10.6 Å². The standard InChI is InChI=1S/C15H18N4O/c1-4-9-19-10-11(2)16-15(19)18-14-7-5-13(6-8-14)17-12(3)20/h4-8,10H,1,9H2,2-3H3,(H,16,18)(H,17,20). The molecule has 104 valence electrons. The van der Waals surface area contributed by atoms with Gasteiger partial charge in [0.15, 0.2) is 0 Å². The lowest BCUT2D eigenvalue weighted by atomic mass is 10.3. The fourth-order valence-electron chi connectivity index (χ4n) is 1.89. The van der Waals surface area contributed by atoms with Gasteiger partial charge in [-0.2, -0.15) is 0 Å². The Morgan fingerprint density at radius 2 is 2.00 bits per heavy atom. The molecule has 1 amide bonds. The van der Waals surface area contributed by atoms with Gasteiger partial charge in [-0.25, -0.2) is 4.98 Å². The maximum atomic E-state index is 11.0. The average Bonchev–Trinajstić information content (AvgIpc) is 2.72. The number of carbonyl (C=O) groups excluding carboxylic acids is 1. The van der Waals surface area contributed by atoms with E-state index in [4.69, 9.17) is 0 Å². The van der Waals surface area contributed by atoms with Crippen molar-refractivity contribution >= 4 is 23.2 Å². The molecule has 0 aliphatic heterocycles. The molecule has 0 atom stereocenters. The Kier molecular flexibility index (Phi) is 4.20. The zero-order chi connectivity index (χ0) is 14.5. The van der Waals surface area contributed by atoms with E-state index in [0.717, 1.165) is 23.0 Å². The van der Waals surface area contributed by atoms with Crippen LogP contribution >= 0.6 is 0 Å². The molecule has 0 aliphatic rings. The topological polar surface area (TPSA) is 59.0 Å². The second kappa shape index (κ2) is 6.06. The molecule has 0 saturated carbocycles. The number of hydrogen-bond donors (Lipinski definition) is 2. The number of allylic oxidation sites excluding steroid dienone is 1. The molecule has 1 aromatic heterocycles. The van der Waals surface area contributed by atoms with Crippen molar-refractivity contribution in [3.63, 3.8) is 0 Å². The smallest absolute Gasteiger partial charge is 0.221 e. The second-order valence-corrected chi connectivity index (χ2v) is 4.53. The number of aromatic nitrogens is 2. The summed E-state index contributed by atoms with van der Waals surface area (Å²) in [7, 11) is 0. The van der Waals surface area contributed by atoms with Crippen molar-refractivity contribution in [2.45, 2.75) is 20.4 Å². The summed E-state index contributed by atoms with van der Waals surface area (Å²) in [6.07, 6.45) is 3.79. The first-order chi connectivity index (χ1) is 9.58. The van der Waals surface area contributed by atoms with Crippen LogP contribution in [0.4, 0.5) is 17.3 Å². The minimum atomic E-state index is -0.0807. The highest BCUT2D eigenvalue weighted by atomic mass is 16.1. The normalized spacial score (nSPS) is 10.1. The Hall–Kier alpha value is -2.56. The van der Waals surface area contributed by atoms with E-state index in [1.807, 2.05) is 48.0 Å². The average molecular weight is 270 g/mol. The second-order valence-electron chi connectivity index (χ2n) is 4.53. The molecule has 5 nitrogen and oxygen atoms in total. The van der Waals surface area contributed by atoms with Crippen LogP contribution in [-0.2, 0) is 11.3 Å². The zero-order valence-corrected chi connectivity index (χ0v) is 11.7. The molecule has 5 heteroatoms. The summed E-state index contributed by atoms with van der Waals surface area (Å²) in [5.41, 5.74) is 2.63. The van der Waals surface area contributed by atoms with Gasteiger partial charge in [0.1, 0.15) is 0 Å². The van der Waals surface area contributed by atoms with Crippen molar-refractivity contribution in [1.29, 1.82) is 0 Å². The van der Waals surface area contributed by atoms with E-state index in [2.05, 4.69) is 22.2 Å². The molecule has 1 aromatic carbocycles. The van der Waals surface area contributed by atoms with Crippen LogP contribution in [0.3, 0.4) is 0 Å². The third kappa shape index (κ3) is 3.47. The van der Waals surface area contributed by atoms with Crippen LogP contribution in [0.2, 0.25) is 0 Å². The lowest BCUT2D eigenvalue weighted by molar-refractivity contribution is -0.114. The predicted octanol–water partition coefficient (Wildman–Crippen LogP) is 3.08. The van der Waals surface area contributed by atoms with Gasteiger partial charge in [-0.1, -0.05) is 6.08 Å². The molecule has 0 spiro atoms. The van der Waals surface area contributed by atoms with E-state index in [1.165, 1.54) is 6.92 Å². The fourth-order valence-corrected chi connectivity index (χ4v) is 1.89. The predicted molar refractivity (Wildman–Crippen MR) is 81.2 cm³/mol. The van der Waals surface area contributed by atoms with Gasteiger partial charge in [0.2, 0.25) is 11.9 Å². The Morgan fingerprint density at radius 1 is 1.35 bits per heavy atom. The van der Waals surface area contributed by atoms with E-state index in [1.54, 1.807) is 0 Å². The molecule has 2 aromatic rings. The minimum Gasteiger partial charge on any atom is -0.326 e. The number of anilines is 3. The van der Waals surface area contributed by atoms with Crippen molar-refractivity contribution in [3.05, 3.63) is 48.8 Å². The maximum Gasteiger partial charge on any atom is 0.221 e. The third-order valence-electron chi connectivity index (χ3n) is 2.68. The minimum absolute atomic E-state index is 0.0807. The molecular weight excluding hydrogens is 252 g/mol. The molecule has 0 aliphatic carbocycles. The van der Waals surface area contributed by atoms with Crippen molar-refractivity contribution in [3.8, 4) is 0 Å². The van der Waals surface area contributed by atoms with Crippen molar-refractivity contribution < 1.29 is 4.79 Å². The highest BCUT2D eigenvalue weighted by Gasteiger charge is 2.05. The Bertz CT molecular complexity index is 613. The van der Waals surface area contributed by atoms with Gasteiger partial charge in [0.05, 0.1) is 5.69 Å². The first-order valence-corrected chi connectivity index (χ1v) is 6.38. The lowest BCUT2D eigenvalue weighted by Crippen LogP contribution is -2.06. The van der Waals surface area contributed by atoms with Crippen LogP contribution in [0, 0.1) is 6.92 Å². The zero-order valence-electron chi connectivity index (χ0n) is 11.7. The summed E-state index contributed by atoms with van der Waals surface area (Å²) in [5.74, 6) is 0.692. The molecule has 0 bridgehead atoms. The highest BCUT2D eigenvalue weighted by Crippen LogP contribution is 2.19.